The van der Waals surface area contributed by atoms with Crippen LogP contribution in [0.1, 0.15) is 12.0 Å². The minimum absolute atomic E-state index is 0. The van der Waals surface area contributed by atoms with Gasteiger partial charge in [0, 0.05) is 16.5 Å². The zero-order valence-electron chi connectivity index (χ0n) is 10.4. The molecule has 0 aliphatic rings. The first-order valence-electron chi connectivity index (χ1n) is 4.91. The molecule has 0 atom stereocenters. The number of hydrogen-bond acceptors (Lipinski definition) is 6. The van der Waals surface area contributed by atoms with Crippen molar-refractivity contribution in [2.24, 2.45) is 0 Å². The molecule has 0 spiro atoms. The van der Waals surface area contributed by atoms with E-state index in [-0.39, 0.29) is 46.1 Å². The van der Waals surface area contributed by atoms with Crippen molar-refractivity contribution in [3.8, 4) is 5.75 Å². The normalized spacial score (nSPS) is 9.84. The van der Waals surface area contributed by atoms with Crippen LogP contribution in [0.4, 0.5) is 5.69 Å². The SMILES string of the molecule is Cc1cc(O)c(SOO[O-])cc1NC(=O)CCI.[Na+]. The van der Waals surface area contributed by atoms with E-state index in [1.165, 1.54) is 12.1 Å². The topological polar surface area (TPSA) is 90.8 Å². The third-order valence-corrected chi connectivity index (χ3v) is 3.22. The maximum Gasteiger partial charge on any atom is 1.00 e. The van der Waals surface area contributed by atoms with Gasteiger partial charge in [-0.15, -0.1) is 0 Å². The Balaban J connectivity index is 0.00000324. The van der Waals surface area contributed by atoms with Gasteiger partial charge in [-0.1, -0.05) is 22.6 Å². The largest absolute Gasteiger partial charge is 1.00 e. The number of carbonyl (C=O) groups excluding carboxylic acids is 1. The van der Waals surface area contributed by atoms with E-state index in [0.29, 0.717) is 29.7 Å². The first-order chi connectivity index (χ1) is 8.58. The molecule has 19 heavy (non-hydrogen) atoms. The first kappa shape index (κ1) is 19.4. The number of carbonyl (C=O) groups is 1. The molecule has 6 nitrogen and oxygen atoms in total. The maximum absolute atomic E-state index is 11.5. The Labute approximate surface area is 150 Å². The number of benzene rings is 1. The Morgan fingerprint density at radius 2 is 2.26 bits per heavy atom. The number of alkyl halides is 1. The Bertz CT molecular complexity index is 435. The number of aryl methyl sites for hydroxylation is 1. The van der Waals surface area contributed by atoms with Crippen LogP contribution in [0.25, 0.3) is 0 Å². The van der Waals surface area contributed by atoms with Crippen LogP contribution in [0.5, 0.6) is 5.75 Å². The van der Waals surface area contributed by atoms with E-state index in [1.54, 1.807) is 6.92 Å². The molecule has 1 rings (SSSR count). The zero-order valence-corrected chi connectivity index (χ0v) is 15.4. The molecule has 0 aliphatic heterocycles. The molecule has 0 unspecified atom stereocenters. The van der Waals surface area contributed by atoms with E-state index < -0.39 is 0 Å². The fourth-order valence-electron chi connectivity index (χ4n) is 1.22. The minimum atomic E-state index is -0.116. The Kier molecular flexibility index (Phi) is 10.5. The van der Waals surface area contributed by atoms with Crippen molar-refractivity contribution >= 4 is 46.2 Å². The molecule has 1 amide bonds. The number of rotatable bonds is 6. The summed E-state index contributed by atoms with van der Waals surface area (Å²) in [5, 5.41) is 25.3. The van der Waals surface area contributed by atoms with Gasteiger partial charge in [0.15, 0.2) is 0 Å². The van der Waals surface area contributed by atoms with E-state index in [9.17, 15) is 15.2 Å². The number of phenolic OH excluding ortho intramolecular Hbond substituents is 1. The van der Waals surface area contributed by atoms with Crippen LogP contribution in [0, 0.1) is 6.92 Å². The summed E-state index contributed by atoms with van der Waals surface area (Å²) in [6, 6.07) is 2.98. The molecule has 0 bridgehead atoms. The molecule has 0 saturated carbocycles. The van der Waals surface area contributed by atoms with Gasteiger partial charge in [0.1, 0.15) is 5.75 Å². The van der Waals surface area contributed by atoms with Crippen LogP contribution in [0.15, 0.2) is 17.0 Å². The molecule has 1 aromatic carbocycles. The summed E-state index contributed by atoms with van der Waals surface area (Å²) in [4.78, 5) is 11.8. The predicted octanol–water partition coefficient (Wildman–Crippen LogP) is -1.30. The van der Waals surface area contributed by atoms with E-state index in [1.807, 2.05) is 0 Å². The second-order valence-electron chi connectivity index (χ2n) is 3.34. The Hall–Kier alpha value is 0.450. The third kappa shape index (κ3) is 6.63. The summed E-state index contributed by atoms with van der Waals surface area (Å²) in [6.45, 7) is 1.75. The number of hydrogen-bond donors (Lipinski definition) is 2. The number of nitrogens with one attached hydrogen (secondary N) is 1. The minimum Gasteiger partial charge on any atom is -0.691 e. The quantitative estimate of drug-likeness (QED) is 0.116. The van der Waals surface area contributed by atoms with E-state index >= 15 is 0 Å². The van der Waals surface area contributed by atoms with Gasteiger partial charge in [-0.05, 0) is 24.6 Å². The fourth-order valence-corrected chi connectivity index (χ4v) is 2.12. The Morgan fingerprint density at radius 3 is 2.84 bits per heavy atom. The predicted molar refractivity (Wildman–Crippen MR) is 73.0 cm³/mol. The van der Waals surface area contributed by atoms with Crippen molar-refractivity contribution in [3.05, 3.63) is 17.7 Å². The monoisotopic (exact) mass is 407 g/mol. The number of phenols is 1. The van der Waals surface area contributed by atoms with Gasteiger partial charge in [-0.2, -0.15) is 4.33 Å². The van der Waals surface area contributed by atoms with Crippen molar-refractivity contribution in [2.75, 3.05) is 9.74 Å². The van der Waals surface area contributed by atoms with Crippen molar-refractivity contribution in [2.45, 2.75) is 18.2 Å². The van der Waals surface area contributed by atoms with Crippen LogP contribution < -0.4 is 40.1 Å². The molecular formula is C10H11INNaO5S. The van der Waals surface area contributed by atoms with Gasteiger partial charge in [0.05, 0.1) is 16.9 Å². The summed E-state index contributed by atoms with van der Waals surface area (Å²) < 4.78 is 4.85. The van der Waals surface area contributed by atoms with E-state index in [0.717, 1.165) is 4.43 Å². The second-order valence-corrected chi connectivity index (χ2v) is 5.16. The average Bonchev–Trinajstić information content (AvgIpc) is 2.31. The smallest absolute Gasteiger partial charge is 0.691 e. The second kappa shape index (κ2) is 10.2. The maximum atomic E-state index is 11.5. The van der Waals surface area contributed by atoms with Crippen LogP contribution in [-0.4, -0.2) is 15.4 Å². The zero-order chi connectivity index (χ0) is 13.5. The fraction of sp³-hybridized carbons (Fsp3) is 0.300. The molecule has 1 aromatic rings. The standard InChI is InChI=1S/C10H12INO5S.Na/c1-6-4-8(13)9(18-17-16-15)5-7(6)12-10(14)2-3-11;/h4-5,13,15H,2-3H2,1H3,(H,12,14);/q;+1/p-1. The summed E-state index contributed by atoms with van der Waals surface area (Å²) in [5.74, 6) is -0.170. The van der Waals surface area contributed by atoms with Gasteiger partial charge in [0.2, 0.25) is 5.91 Å². The number of anilines is 1. The van der Waals surface area contributed by atoms with Crippen molar-refractivity contribution in [1.29, 1.82) is 0 Å². The number of aromatic hydroxyl groups is 1. The van der Waals surface area contributed by atoms with Gasteiger partial charge >= 0.3 is 29.6 Å². The molecule has 0 radical (unpaired) electrons. The molecule has 2 N–H and O–H groups in total. The van der Waals surface area contributed by atoms with Crippen molar-refractivity contribution < 1.29 is 54.1 Å². The number of amides is 1. The molecule has 0 saturated heterocycles. The molecular weight excluding hydrogens is 396 g/mol. The molecule has 9 heteroatoms. The van der Waals surface area contributed by atoms with Crippen LogP contribution >= 0.6 is 34.6 Å². The molecule has 0 heterocycles. The van der Waals surface area contributed by atoms with Crippen molar-refractivity contribution in [1.82, 2.24) is 0 Å². The van der Waals surface area contributed by atoms with E-state index in [4.69, 9.17) is 0 Å². The van der Waals surface area contributed by atoms with Crippen molar-refractivity contribution in [3.63, 3.8) is 0 Å². The molecule has 0 aromatic heterocycles. The van der Waals surface area contributed by atoms with Gasteiger partial charge < -0.3 is 15.7 Å². The first-order valence-corrected chi connectivity index (χ1v) is 7.17. The van der Waals surface area contributed by atoms with Gasteiger partial charge in [-0.25, -0.2) is 0 Å². The van der Waals surface area contributed by atoms with Gasteiger partial charge in [-0.3, -0.25) is 9.83 Å². The third-order valence-electron chi connectivity index (χ3n) is 2.05. The molecule has 0 aliphatic carbocycles. The van der Waals surface area contributed by atoms with Gasteiger partial charge in [0.25, 0.3) is 0 Å². The van der Waals surface area contributed by atoms with Crippen LogP contribution in [0.3, 0.4) is 0 Å². The van der Waals surface area contributed by atoms with Crippen LogP contribution in [-0.2, 0) is 14.2 Å². The Morgan fingerprint density at radius 1 is 1.58 bits per heavy atom. The average molecular weight is 407 g/mol. The summed E-state index contributed by atoms with van der Waals surface area (Å²) in [5.41, 5.74) is 1.27. The number of halogens is 1. The molecule has 0 fully saturated rings. The summed E-state index contributed by atoms with van der Waals surface area (Å²) in [6.07, 6.45) is 0.406. The van der Waals surface area contributed by atoms with E-state index in [2.05, 4.69) is 37.3 Å². The van der Waals surface area contributed by atoms with Crippen LogP contribution in [0.2, 0.25) is 0 Å². The summed E-state index contributed by atoms with van der Waals surface area (Å²) in [7, 11) is 0. The molecule has 100 valence electrons. The summed E-state index contributed by atoms with van der Waals surface area (Å²) >= 11 is 2.68.